The lowest BCUT2D eigenvalue weighted by molar-refractivity contribution is -0.142. The van der Waals surface area contributed by atoms with Crippen molar-refractivity contribution in [3.8, 4) is 22.8 Å². The summed E-state index contributed by atoms with van der Waals surface area (Å²) >= 11 is 0. The van der Waals surface area contributed by atoms with Crippen molar-refractivity contribution in [3.63, 3.8) is 0 Å². The molecule has 4 aromatic rings. The summed E-state index contributed by atoms with van der Waals surface area (Å²) < 4.78 is 57.7. The Balaban J connectivity index is 1.85. The molecule has 0 saturated carbocycles. The Morgan fingerprint density at radius 2 is 1.68 bits per heavy atom. The molecule has 1 amide bonds. The molecule has 9 nitrogen and oxygen atoms in total. The molecule has 0 saturated heterocycles. The van der Waals surface area contributed by atoms with Gasteiger partial charge in [0.15, 0.2) is 22.8 Å². The number of hydrogen-bond donors (Lipinski definition) is 1. The summed E-state index contributed by atoms with van der Waals surface area (Å²) in [6.45, 7) is 1.75. The first-order chi connectivity index (χ1) is 17.6. The number of carbonyl (C=O) groups is 2. The van der Waals surface area contributed by atoms with Crippen molar-refractivity contribution in [1.82, 2.24) is 14.6 Å². The monoisotopic (exact) mass is 514 g/mol. The minimum Gasteiger partial charge on any atom is -0.493 e. The Kier molecular flexibility index (Phi) is 6.75. The van der Waals surface area contributed by atoms with E-state index in [-0.39, 0.29) is 33.9 Å². The van der Waals surface area contributed by atoms with Crippen LogP contribution >= 0.6 is 0 Å². The third-order valence-electron chi connectivity index (χ3n) is 5.51. The van der Waals surface area contributed by atoms with E-state index in [1.54, 1.807) is 19.1 Å². The minimum absolute atomic E-state index is 0.0684. The number of rotatable bonds is 6. The van der Waals surface area contributed by atoms with Crippen molar-refractivity contribution in [3.05, 3.63) is 71.0 Å². The maximum atomic E-state index is 14.0. The van der Waals surface area contributed by atoms with Crippen LogP contribution in [-0.4, -0.2) is 47.8 Å². The molecule has 0 aliphatic carbocycles. The van der Waals surface area contributed by atoms with E-state index in [2.05, 4.69) is 15.4 Å². The highest BCUT2D eigenvalue weighted by Crippen LogP contribution is 2.36. The number of esters is 1. The number of aromatic nitrogens is 3. The van der Waals surface area contributed by atoms with Crippen LogP contribution in [0.5, 0.6) is 11.5 Å². The summed E-state index contributed by atoms with van der Waals surface area (Å²) in [5.74, 6) is -0.830. The highest BCUT2D eigenvalue weighted by Gasteiger charge is 2.36. The van der Waals surface area contributed by atoms with Crippen molar-refractivity contribution in [2.45, 2.75) is 13.1 Å². The fourth-order valence-corrected chi connectivity index (χ4v) is 3.71. The van der Waals surface area contributed by atoms with Crippen molar-refractivity contribution in [2.75, 3.05) is 26.6 Å². The van der Waals surface area contributed by atoms with Crippen LogP contribution in [0.3, 0.4) is 0 Å². The Morgan fingerprint density at radius 1 is 0.946 bits per heavy atom. The van der Waals surface area contributed by atoms with E-state index < -0.39 is 23.7 Å². The van der Waals surface area contributed by atoms with Crippen molar-refractivity contribution in [1.29, 1.82) is 0 Å². The number of carbonyl (C=O) groups excluding carboxylic acids is 2. The summed E-state index contributed by atoms with van der Waals surface area (Å²) in [5, 5.41) is 6.33. The smallest absolute Gasteiger partial charge is 0.433 e. The van der Waals surface area contributed by atoms with Gasteiger partial charge in [0, 0.05) is 5.56 Å². The predicted molar refractivity (Wildman–Crippen MR) is 127 cm³/mol. The molecule has 1 N–H and O–H groups in total. The first-order valence-corrected chi connectivity index (χ1v) is 10.8. The van der Waals surface area contributed by atoms with Crippen molar-refractivity contribution >= 4 is 23.2 Å². The molecule has 2 heterocycles. The number of hydrogen-bond acceptors (Lipinski definition) is 7. The fourth-order valence-electron chi connectivity index (χ4n) is 3.71. The Labute approximate surface area is 208 Å². The lowest BCUT2D eigenvalue weighted by atomic mass is 10.1. The van der Waals surface area contributed by atoms with Crippen molar-refractivity contribution < 1.29 is 37.0 Å². The van der Waals surface area contributed by atoms with Gasteiger partial charge in [-0.05, 0) is 48.9 Å². The van der Waals surface area contributed by atoms with E-state index in [9.17, 15) is 22.8 Å². The van der Waals surface area contributed by atoms with Crippen LogP contribution in [0.15, 0.2) is 48.7 Å². The van der Waals surface area contributed by atoms with Gasteiger partial charge in [0.2, 0.25) is 0 Å². The number of nitrogens with zero attached hydrogens (tertiary/aromatic N) is 3. The molecule has 4 rings (SSSR count). The summed E-state index contributed by atoms with van der Waals surface area (Å²) in [7, 11) is 4.02. The highest BCUT2D eigenvalue weighted by molar-refractivity contribution is 6.11. The number of methoxy groups -OCH3 is 3. The molecule has 192 valence electrons. The molecular weight excluding hydrogens is 493 g/mol. The number of ether oxygens (including phenoxy) is 3. The van der Waals surface area contributed by atoms with Crippen molar-refractivity contribution in [2.24, 2.45) is 0 Å². The Hall–Kier alpha value is -4.61. The average Bonchev–Trinajstić information content (AvgIpc) is 3.30. The zero-order chi connectivity index (χ0) is 26.9. The number of anilines is 1. The molecule has 37 heavy (non-hydrogen) atoms. The molecule has 2 aromatic carbocycles. The van der Waals surface area contributed by atoms with E-state index in [1.165, 1.54) is 45.6 Å². The summed E-state index contributed by atoms with van der Waals surface area (Å²) in [6, 6.07) is 10.0. The molecule has 0 atom stereocenters. The number of nitrogens with one attached hydrogen (secondary N) is 1. The standard InChI is InChI=1S/C25H21F3N4O5/c1-13-5-7-15(24(34)37-4)18(9-13)31-23(33)16-12-29-32-21(25(26,27)28)11-17(30-22(16)32)14-6-8-19(35-2)20(10-14)36-3/h5-12H,1-4H3,(H,31,33). The lowest BCUT2D eigenvalue weighted by Crippen LogP contribution is -2.17. The van der Waals surface area contributed by atoms with E-state index in [1.807, 2.05) is 0 Å². The number of alkyl halides is 3. The van der Waals surface area contributed by atoms with Gasteiger partial charge in [0.05, 0.1) is 44.5 Å². The van der Waals surface area contributed by atoms with E-state index >= 15 is 0 Å². The zero-order valence-electron chi connectivity index (χ0n) is 20.1. The average molecular weight is 514 g/mol. The maximum Gasteiger partial charge on any atom is 0.433 e. The fraction of sp³-hybridized carbons (Fsp3) is 0.200. The van der Waals surface area contributed by atoms with Gasteiger partial charge in [-0.1, -0.05) is 6.07 Å². The zero-order valence-corrected chi connectivity index (χ0v) is 20.1. The van der Waals surface area contributed by atoms with Gasteiger partial charge < -0.3 is 19.5 Å². The topological polar surface area (TPSA) is 104 Å². The van der Waals surface area contributed by atoms with Crippen LogP contribution in [0.4, 0.5) is 18.9 Å². The summed E-state index contributed by atoms with van der Waals surface area (Å²) in [4.78, 5) is 29.6. The van der Waals surface area contributed by atoms with Gasteiger partial charge in [-0.25, -0.2) is 14.3 Å². The van der Waals surface area contributed by atoms with E-state index in [0.717, 1.165) is 17.8 Å². The van der Waals surface area contributed by atoms with Crippen LogP contribution in [0.1, 0.15) is 32.0 Å². The molecule has 0 spiro atoms. The van der Waals surface area contributed by atoms with Gasteiger partial charge in [-0.3, -0.25) is 4.79 Å². The first kappa shape index (κ1) is 25.5. The number of amides is 1. The molecule has 0 fully saturated rings. The van der Waals surface area contributed by atoms with Gasteiger partial charge >= 0.3 is 12.1 Å². The third-order valence-corrected chi connectivity index (χ3v) is 5.51. The second kappa shape index (κ2) is 9.80. The molecular formula is C25H21F3N4O5. The van der Waals surface area contributed by atoms with Gasteiger partial charge in [0.25, 0.3) is 5.91 Å². The van der Waals surface area contributed by atoms with Crippen LogP contribution in [0.2, 0.25) is 0 Å². The first-order valence-electron chi connectivity index (χ1n) is 10.8. The molecule has 0 unspecified atom stereocenters. The number of aryl methyl sites for hydroxylation is 1. The predicted octanol–water partition coefficient (Wildman–Crippen LogP) is 4.78. The summed E-state index contributed by atoms with van der Waals surface area (Å²) in [5.41, 5.74) is -0.528. The second-order valence-electron chi connectivity index (χ2n) is 7.88. The third kappa shape index (κ3) is 4.90. The van der Waals surface area contributed by atoms with Gasteiger partial charge in [-0.15, -0.1) is 0 Å². The quantitative estimate of drug-likeness (QED) is 0.369. The molecule has 0 radical (unpaired) electrons. The van der Waals surface area contributed by atoms with Gasteiger partial charge in [-0.2, -0.15) is 18.3 Å². The number of halogens is 3. The summed E-state index contributed by atoms with van der Waals surface area (Å²) in [6.07, 6.45) is -3.82. The van der Waals surface area contributed by atoms with E-state index in [0.29, 0.717) is 15.8 Å². The largest absolute Gasteiger partial charge is 0.493 e. The Morgan fingerprint density at radius 3 is 2.32 bits per heavy atom. The molecule has 12 heteroatoms. The molecule has 2 aromatic heterocycles. The number of fused-ring (bicyclic) bond motifs is 1. The van der Waals surface area contributed by atoms with E-state index in [4.69, 9.17) is 14.2 Å². The molecule has 0 aliphatic heterocycles. The molecule has 0 aliphatic rings. The van der Waals surface area contributed by atoms with Gasteiger partial charge in [0.1, 0.15) is 5.56 Å². The highest BCUT2D eigenvalue weighted by atomic mass is 19.4. The Bertz CT molecular complexity index is 1510. The van der Waals surface area contributed by atoms with Crippen LogP contribution in [0.25, 0.3) is 16.9 Å². The maximum absolute atomic E-state index is 14.0. The van der Waals surface area contributed by atoms with Crippen LogP contribution in [-0.2, 0) is 10.9 Å². The van der Waals surface area contributed by atoms with Crippen LogP contribution < -0.4 is 14.8 Å². The minimum atomic E-state index is -4.80. The lowest BCUT2D eigenvalue weighted by Gasteiger charge is -2.13. The SMILES string of the molecule is COC(=O)c1ccc(C)cc1NC(=O)c1cnn2c(C(F)(F)F)cc(-c3ccc(OC)c(OC)c3)nc12. The molecule has 0 bridgehead atoms. The normalized spacial score (nSPS) is 11.3. The number of benzene rings is 2. The van der Waals surface area contributed by atoms with Crippen LogP contribution in [0, 0.1) is 6.92 Å². The second-order valence-corrected chi connectivity index (χ2v) is 7.88.